The first-order valence-corrected chi connectivity index (χ1v) is 10.3. The third-order valence-electron chi connectivity index (χ3n) is 6.19. The van der Waals surface area contributed by atoms with Gasteiger partial charge < -0.3 is 14.1 Å². The molecule has 0 saturated carbocycles. The van der Waals surface area contributed by atoms with E-state index in [-0.39, 0.29) is 22.9 Å². The second kappa shape index (κ2) is 6.66. The molecule has 1 unspecified atom stereocenters. The Morgan fingerprint density at radius 3 is 2.66 bits per heavy atom. The predicted octanol–water partition coefficient (Wildman–Crippen LogP) is 4.64. The zero-order chi connectivity index (χ0) is 22.9. The van der Waals surface area contributed by atoms with Crippen molar-refractivity contribution < 1.29 is 18.7 Å². The van der Waals surface area contributed by atoms with Gasteiger partial charge in [-0.1, -0.05) is 39.0 Å². The number of hydrogen-bond acceptors (Lipinski definition) is 4. The van der Waals surface area contributed by atoms with E-state index in [1.165, 1.54) is 6.20 Å². The Morgan fingerprint density at radius 2 is 2.03 bits per heavy atom. The molecule has 1 atom stereocenters. The summed E-state index contributed by atoms with van der Waals surface area (Å²) in [6, 6.07) is 5.47. The molecule has 1 aromatic carbocycles. The number of halogens is 1. The van der Waals surface area contributed by atoms with Crippen molar-refractivity contribution in [2.75, 3.05) is 0 Å². The summed E-state index contributed by atoms with van der Waals surface area (Å²) in [6.45, 7) is 6.02. The van der Waals surface area contributed by atoms with Crippen LogP contribution in [0.1, 0.15) is 42.7 Å². The van der Waals surface area contributed by atoms with Gasteiger partial charge in [-0.15, -0.1) is 0 Å². The summed E-state index contributed by atoms with van der Waals surface area (Å²) in [5, 5.41) is 14.5. The van der Waals surface area contributed by atoms with Gasteiger partial charge in [0.15, 0.2) is 11.6 Å². The van der Waals surface area contributed by atoms with Gasteiger partial charge in [-0.3, -0.25) is 9.48 Å². The highest BCUT2D eigenvalue weighted by atomic mass is 19.1. The van der Waals surface area contributed by atoms with Crippen molar-refractivity contribution >= 4 is 16.9 Å². The van der Waals surface area contributed by atoms with E-state index in [0.29, 0.717) is 12.0 Å². The van der Waals surface area contributed by atoms with Gasteiger partial charge in [0.25, 0.3) is 0 Å². The molecule has 0 bridgehead atoms. The molecule has 164 valence electrons. The molecule has 0 saturated heterocycles. The van der Waals surface area contributed by atoms with Gasteiger partial charge >= 0.3 is 5.97 Å². The minimum absolute atomic E-state index is 0.00508. The third-order valence-corrected chi connectivity index (χ3v) is 6.19. The summed E-state index contributed by atoms with van der Waals surface area (Å²) in [6.07, 6.45) is 5.35. The van der Waals surface area contributed by atoms with Crippen LogP contribution in [0.15, 0.2) is 46.0 Å². The first-order valence-electron chi connectivity index (χ1n) is 10.3. The lowest BCUT2D eigenvalue weighted by atomic mass is 9.79. The van der Waals surface area contributed by atoms with E-state index in [1.807, 2.05) is 52.2 Å². The fourth-order valence-corrected chi connectivity index (χ4v) is 4.58. The van der Waals surface area contributed by atoms with E-state index in [4.69, 9.17) is 4.42 Å². The van der Waals surface area contributed by atoms with Gasteiger partial charge in [0.2, 0.25) is 5.43 Å². The summed E-state index contributed by atoms with van der Waals surface area (Å²) >= 11 is 0. The van der Waals surface area contributed by atoms with Crippen molar-refractivity contribution in [2.24, 2.45) is 12.5 Å². The van der Waals surface area contributed by atoms with Gasteiger partial charge in [-0.2, -0.15) is 5.10 Å². The average molecular weight is 435 g/mol. The summed E-state index contributed by atoms with van der Waals surface area (Å²) in [4.78, 5) is 24.1. The molecule has 7 nitrogen and oxygen atoms in total. The predicted molar refractivity (Wildman–Crippen MR) is 117 cm³/mol. The molecule has 3 aromatic heterocycles. The highest BCUT2D eigenvalue weighted by molar-refractivity contribution is 5.98. The van der Waals surface area contributed by atoms with Crippen LogP contribution in [0.2, 0.25) is 0 Å². The number of hydrogen-bond donors (Lipinski definition) is 1. The number of benzene rings is 1. The molecule has 32 heavy (non-hydrogen) atoms. The minimum atomic E-state index is -1.45. The van der Waals surface area contributed by atoms with Crippen LogP contribution in [0.5, 0.6) is 0 Å². The second-order valence-corrected chi connectivity index (χ2v) is 9.33. The monoisotopic (exact) mass is 435 g/mol. The van der Waals surface area contributed by atoms with Crippen LogP contribution in [0.4, 0.5) is 4.39 Å². The van der Waals surface area contributed by atoms with Crippen molar-refractivity contribution in [3.8, 4) is 22.6 Å². The van der Waals surface area contributed by atoms with Crippen LogP contribution in [-0.4, -0.2) is 25.4 Å². The van der Waals surface area contributed by atoms with Gasteiger partial charge in [-0.25, -0.2) is 9.18 Å². The molecule has 0 fully saturated rings. The number of fused-ring (bicyclic) bond motifs is 5. The number of para-hydroxylation sites is 1. The highest BCUT2D eigenvalue weighted by Crippen LogP contribution is 2.48. The van der Waals surface area contributed by atoms with E-state index in [1.54, 1.807) is 15.4 Å². The molecule has 1 aliphatic heterocycles. The molecule has 4 heterocycles. The zero-order valence-electron chi connectivity index (χ0n) is 18.1. The fourth-order valence-electron chi connectivity index (χ4n) is 4.58. The summed E-state index contributed by atoms with van der Waals surface area (Å²) < 4.78 is 24.9. The maximum atomic E-state index is 15.4. The molecule has 0 spiro atoms. The van der Waals surface area contributed by atoms with E-state index in [0.717, 1.165) is 22.1 Å². The van der Waals surface area contributed by atoms with Crippen molar-refractivity contribution in [2.45, 2.75) is 33.2 Å². The van der Waals surface area contributed by atoms with E-state index in [2.05, 4.69) is 5.10 Å². The molecule has 0 amide bonds. The number of rotatable bonds is 2. The zero-order valence-corrected chi connectivity index (χ0v) is 18.1. The van der Waals surface area contributed by atoms with Crippen LogP contribution in [0.25, 0.3) is 33.6 Å². The Hall–Kier alpha value is -3.68. The largest absolute Gasteiger partial charge is 0.477 e. The summed E-state index contributed by atoms with van der Waals surface area (Å²) in [5.41, 5.74) is 0.994. The Labute approximate surface area is 182 Å². The number of aromatic carboxylic acids is 1. The van der Waals surface area contributed by atoms with Crippen molar-refractivity contribution in [3.63, 3.8) is 0 Å². The second-order valence-electron chi connectivity index (χ2n) is 9.33. The number of carbonyl (C=O) groups is 1. The Morgan fingerprint density at radius 1 is 1.28 bits per heavy atom. The number of nitrogens with zero attached hydrogens (tertiary/aromatic N) is 3. The molecule has 5 rings (SSSR count). The summed E-state index contributed by atoms with van der Waals surface area (Å²) in [7, 11) is 1.82. The number of furan rings is 1. The minimum Gasteiger partial charge on any atom is -0.477 e. The lowest BCUT2D eigenvalue weighted by Gasteiger charge is -2.37. The maximum absolute atomic E-state index is 15.4. The Bertz CT molecular complexity index is 1470. The van der Waals surface area contributed by atoms with Crippen LogP contribution in [0, 0.1) is 11.2 Å². The van der Waals surface area contributed by atoms with Crippen molar-refractivity contribution in [1.29, 1.82) is 0 Å². The molecule has 4 aromatic rings. The first kappa shape index (κ1) is 20.2. The topological polar surface area (TPSA) is 90.3 Å². The number of pyridine rings is 1. The number of carboxylic acids is 1. The van der Waals surface area contributed by atoms with E-state index >= 15 is 4.39 Å². The normalized spacial score (nSPS) is 15.6. The maximum Gasteiger partial charge on any atom is 0.341 e. The van der Waals surface area contributed by atoms with Crippen LogP contribution in [-0.2, 0) is 13.5 Å². The van der Waals surface area contributed by atoms with Crippen molar-refractivity contribution in [1.82, 2.24) is 14.3 Å². The number of aryl methyl sites for hydroxylation is 1. The fraction of sp³-hybridized carbons (Fsp3) is 0.292. The standard InChI is InChI=1S/C24H22FN3O4/c1-24(2,3)17-8-15-14-7-5-6-13(12-9-26-27(4)10-12)21(14)32-22(15)19-18(25)20(29)16(23(30)31)11-28(17)19/h5-7,9-11,17H,8H2,1-4H3,(H,30,31). The van der Waals surface area contributed by atoms with Gasteiger partial charge in [0.05, 0.1) is 6.20 Å². The lowest BCUT2D eigenvalue weighted by Crippen LogP contribution is -2.34. The Balaban J connectivity index is 1.87. The molecule has 8 heteroatoms. The third kappa shape index (κ3) is 2.82. The Kier molecular flexibility index (Phi) is 4.21. The molecule has 0 radical (unpaired) electrons. The van der Waals surface area contributed by atoms with Gasteiger partial charge in [0.1, 0.15) is 16.8 Å². The van der Waals surface area contributed by atoms with E-state index in [9.17, 15) is 14.7 Å². The van der Waals surface area contributed by atoms with Gasteiger partial charge in [0, 0.05) is 47.6 Å². The van der Waals surface area contributed by atoms with Gasteiger partial charge in [-0.05, 0) is 11.8 Å². The molecular formula is C24H22FN3O4. The number of aromatic nitrogens is 3. The SMILES string of the molecule is Cn1cc(-c2cccc3c4c(oc23)-c2c(F)c(=O)c(C(=O)O)cn2C(C(C)(C)C)C4)cn1. The van der Waals surface area contributed by atoms with Crippen molar-refractivity contribution in [3.05, 3.63) is 64.0 Å². The first-order chi connectivity index (χ1) is 15.1. The van der Waals surface area contributed by atoms with Crippen LogP contribution in [0.3, 0.4) is 0 Å². The summed E-state index contributed by atoms with van der Waals surface area (Å²) in [5.74, 6) is -2.29. The average Bonchev–Trinajstić information content (AvgIpc) is 3.31. The smallest absolute Gasteiger partial charge is 0.341 e. The molecule has 1 N–H and O–H groups in total. The number of carboxylic acid groups (broad SMARTS) is 1. The molecule has 0 aliphatic carbocycles. The lowest BCUT2D eigenvalue weighted by molar-refractivity contribution is 0.0692. The molecular weight excluding hydrogens is 413 g/mol. The van der Waals surface area contributed by atoms with Crippen LogP contribution < -0.4 is 5.43 Å². The molecule has 1 aliphatic rings. The van der Waals surface area contributed by atoms with E-state index < -0.39 is 22.8 Å². The highest BCUT2D eigenvalue weighted by Gasteiger charge is 2.39. The van der Waals surface area contributed by atoms with Crippen LogP contribution >= 0.6 is 0 Å². The quantitative estimate of drug-likeness (QED) is 0.495.